The van der Waals surface area contributed by atoms with Crippen molar-refractivity contribution in [2.24, 2.45) is 0 Å². The van der Waals surface area contributed by atoms with Gasteiger partial charge in [0.1, 0.15) is 0 Å². The molecule has 0 aromatic rings. The van der Waals surface area contributed by atoms with Gasteiger partial charge in [-0.25, -0.2) is 4.39 Å². The van der Waals surface area contributed by atoms with Gasteiger partial charge in [-0.2, -0.15) is 0 Å². The monoisotopic (exact) mass is 228 g/mol. The van der Waals surface area contributed by atoms with Crippen LogP contribution >= 0.6 is 27.5 Å². The van der Waals surface area contributed by atoms with E-state index in [1.807, 2.05) is 0 Å². The molecule has 0 amide bonds. The molecule has 4 heteroatoms. The summed E-state index contributed by atoms with van der Waals surface area (Å²) in [5.74, 6) is 0. The van der Waals surface area contributed by atoms with Gasteiger partial charge in [0.2, 0.25) is 0 Å². The van der Waals surface area contributed by atoms with Gasteiger partial charge in [-0.05, 0) is 12.8 Å². The van der Waals surface area contributed by atoms with Gasteiger partial charge in [-0.3, -0.25) is 0 Å². The fourth-order valence-corrected chi connectivity index (χ4v) is 2.78. The summed E-state index contributed by atoms with van der Waals surface area (Å²) in [5.41, 5.74) is 0. The first-order valence-corrected chi connectivity index (χ1v) is 4.44. The Morgan fingerprint density at radius 1 is 1.70 bits per heavy atom. The third kappa shape index (κ3) is 1.08. The SMILES string of the molecule is FC1(Cl)CCC2OC2(Br)C1. The lowest BCUT2D eigenvalue weighted by atomic mass is 9.98. The fourth-order valence-electron chi connectivity index (χ4n) is 1.42. The Kier molecular flexibility index (Phi) is 1.37. The number of halogens is 3. The van der Waals surface area contributed by atoms with Crippen molar-refractivity contribution in [1.29, 1.82) is 0 Å². The predicted molar refractivity (Wildman–Crippen MR) is 40.1 cm³/mol. The molecule has 1 aliphatic carbocycles. The highest BCUT2D eigenvalue weighted by molar-refractivity contribution is 9.10. The summed E-state index contributed by atoms with van der Waals surface area (Å²) in [7, 11) is 0. The number of alkyl halides is 3. The van der Waals surface area contributed by atoms with E-state index < -0.39 is 9.64 Å². The van der Waals surface area contributed by atoms with Crippen LogP contribution in [-0.2, 0) is 4.74 Å². The molecule has 0 bridgehead atoms. The number of ether oxygens (including phenoxy) is 1. The first kappa shape index (κ1) is 7.32. The summed E-state index contributed by atoms with van der Waals surface area (Å²) in [4.78, 5) is 0. The van der Waals surface area contributed by atoms with E-state index in [-0.39, 0.29) is 12.5 Å². The van der Waals surface area contributed by atoms with Gasteiger partial charge in [0, 0.05) is 6.42 Å². The van der Waals surface area contributed by atoms with Crippen LogP contribution in [0.15, 0.2) is 0 Å². The molecule has 2 rings (SSSR count). The Bertz CT molecular complexity index is 172. The van der Waals surface area contributed by atoms with Crippen LogP contribution in [0, 0.1) is 0 Å². The van der Waals surface area contributed by atoms with E-state index in [1.165, 1.54) is 0 Å². The zero-order chi connectivity index (χ0) is 7.41. The summed E-state index contributed by atoms with van der Waals surface area (Å²) in [5, 5.41) is -1.55. The molecule has 1 saturated carbocycles. The second-order valence-electron chi connectivity index (χ2n) is 2.96. The molecule has 1 aliphatic heterocycles. The van der Waals surface area contributed by atoms with Crippen molar-refractivity contribution in [3.8, 4) is 0 Å². The average Bonchev–Trinajstić information content (AvgIpc) is 2.35. The minimum Gasteiger partial charge on any atom is -0.354 e. The molecular formula is C6H7BrClFO. The standard InChI is InChI=1S/C6H7BrClFO/c7-6-3-5(8,9)2-1-4(6)10-6/h4H,1-3H2. The molecule has 58 valence electrons. The molecule has 2 fully saturated rings. The van der Waals surface area contributed by atoms with Crippen LogP contribution in [0.5, 0.6) is 0 Å². The third-order valence-electron chi connectivity index (χ3n) is 2.03. The Labute approximate surface area is 72.0 Å². The van der Waals surface area contributed by atoms with Crippen LogP contribution in [0.4, 0.5) is 4.39 Å². The second-order valence-corrected chi connectivity index (χ2v) is 4.98. The van der Waals surface area contributed by atoms with Crippen molar-refractivity contribution < 1.29 is 9.13 Å². The van der Waals surface area contributed by atoms with E-state index in [4.69, 9.17) is 16.3 Å². The van der Waals surface area contributed by atoms with Crippen molar-refractivity contribution in [1.82, 2.24) is 0 Å². The first-order chi connectivity index (χ1) is 4.52. The summed E-state index contributed by atoms with van der Waals surface area (Å²) in [6.45, 7) is 0. The van der Waals surface area contributed by atoms with Gasteiger partial charge in [-0.15, -0.1) is 0 Å². The summed E-state index contributed by atoms with van der Waals surface area (Å²) >= 11 is 8.80. The normalized spacial score (nSPS) is 59.7. The second kappa shape index (κ2) is 1.87. The Morgan fingerprint density at radius 3 is 2.90 bits per heavy atom. The van der Waals surface area contributed by atoms with Gasteiger partial charge >= 0.3 is 0 Å². The van der Waals surface area contributed by atoms with Crippen LogP contribution in [-0.4, -0.2) is 15.7 Å². The van der Waals surface area contributed by atoms with Crippen molar-refractivity contribution in [2.45, 2.75) is 35.0 Å². The molecule has 0 aromatic carbocycles. The zero-order valence-electron chi connectivity index (χ0n) is 5.24. The van der Waals surface area contributed by atoms with Crippen LogP contribution in [0.2, 0.25) is 0 Å². The van der Waals surface area contributed by atoms with Gasteiger partial charge in [0.25, 0.3) is 0 Å². The lowest BCUT2D eigenvalue weighted by Crippen LogP contribution is -2.28. The van der Waals surface area contributed by atoms with Gasteiger partial charge in [0.05, 0.1) is 6.10 Å². The molecule has 1 nitrogen and oxygen atoms in total. The predicted octanol–water partition coefficient (Wildman–Crippen LogP) is 2.56. The quantitative estimate of drug-likeness (QED) is 0.459. The topological polar surface area (TPSA) is 12.5 Å². The van der Waals surface area contributed by atoms with E-state index in [1.54, 1.807) is 0 Å². The molecule has 2 aliphatic rings. The molecule has 0 radical (unpaired) electrons. The van der Waals surface area contributed by atoms with E-state index in [9.17, 15) is 4.39 Å². The summed E-state index contributed by atoms with van der Waals surface area (Å²) < 4.78 is 17.8. The average molecular weight is 229 g/mol. The largest absolute Gasteiger partial charge is 0.354 e. The molecule has 0 N–H and O–H groups in total. The van der Waals surface area contributed by atoms with Crippen LogP contribution in [0.25, 0.3) is 0 Å². The van der Waals surface area contributed by atoms with E-state index in [0.717, 1.165) is 6.42 Å². The highest BCUT2D eigenvalue weighted by Crippen LogP contribution is 2.57. The number of epoxide rings is 1. The van der Waals surface area contributed by atoms with E-state index in [0.29, 0.717) is 6.42 Å². The molecule has 1 saturated heterocycles. The van der Waals surface area contributed by atoms with Crippen LogP contribution < -0.4 is 0 Å². The molecule has 1 heterocycles. The molecule has 3 unspecified atom stereocenters. The minimum atomic E-state index is -1.55. The molecule has 10 heavy (non-hydrogen) atoms. The van der Waals surface area contributed by atoms with Crippen LogP contribution in [0.3, 0.4) is 0 Å². The smallest absolute Gasteiger partial charge is 0.187 e. The van der Waals surface area contributed by atoms with Gasteiger partial charge in [0.15, 0.2) is 9.64 Å². The van der Waals surface area contributed by atoms with Crippen molar-refractivity contribution in [3.63, 3.8) is 0 Å². The fraction of sp³-hybridized carbons (Fsp3) is 1.00. The number of fused-ring (bicyclic) bond motifs is 1. The zero-order valence-corrected chi connectivity index (χ0v) is 7.58. The van der Waals surface area contributed by atoms with Crippen molar-refractivity contribution >= 4 is 27.5 Å². The summed E-state index contributed by atoms with van der Waals surface area (Å²) in [6.07, 6.45) is 1.61. The Hall–Kier alpha value is 0.660. The van der Waals surface area contributed by atoms with E-state index in [2.05, 4.69) is 15.9 Å². The maximum Gasteiger partial charge on any atom is 0.187 e. The minimum absolute atomic E-state index is 0.204. The number of hydrogen-bond acceptors (Lipinski definition) is 1. The number of rotatable bonds is 0. The molecule has 3 atom stereocenters. The lowest BCUT2D eigenvalue weighted by Gasteiger charge is -2.22. The third-order valence-corrected chi connectivity index (χ3v) is 3.33. The number of hydrogen-bond donors (Lipinski definition) is 0. The molecular weight excluding hydrogens is 222 g/mol. The Morgan fingerprint density at radius 2 is 2.40 bits per heavy atom. The Balaban J connectivity index is 2.09. The van der Waals surface area contributed by atoms with Crippen molar-refractivity contribution in [3.05, 3.63) is 0 Å². The van der Waals surface area contributed by atoms with Gasteiger partial charge in [-0.1, -0.05) is 27.5 Å². The maximum atomic E-state index is 13.0. The molecule has 0 spiro atoms. The van der Waals surface area contributed by atoms with Gasteiger partial charge < -0.3 is 4.74 Å². The highest BCUT2D eigenvalue weighted by atomic mass is 79.9. The lowest BCUT2D eigenvalue weighted by molar-refractivity contribution is 0.210. The maximum absolute atomic E-state index is 13.0. The highest BCUT2D eigenvalue weighted by Gasteiger charge is 2.62. The van der Waals surface area contributed by atoms with E-state index >= 15 is 0 Å². The summed E-state index contributed by atoms with van der Waals surface area (Å²) in [6, 6.07) is 0. The van der Waals surface area contributed by atoms with Crippen LogP contribution in [0.1, 0.15) is 19.3 Å². The molecule has 0 aromatic heterocycles. The first-order valence-electron chi connectivity index (χ1n) is 3.26. The van der Waals surface area contributed by atoms with Crippen molar-refractivity contribution in [2.75, 3.05) is 0 Å².